The summed E-state index contributed by atoms with van der Waals surface area (Å²) in [6.45, 7) is 15.7. The fourth-order valence-corrected chi connectivity index (χ4v) is 2.99. The molecule has 1 aliphatic heterocycles. The van der Waals surface area contributed by atoms with Crippen molar-refractivity contribution in [2.24, 2.45) is 0 Å². The Morgan fingerprint density at radius 2 is 1.90 bits per heavy atom. The Morgan fingerprint density at radius 1 is 1.29 bits per heavy atom. The molecule has 0 bridgehead atoms. The largest absolute Gasteiger partial charge is 0.379 e. The molecule has 1 fully saturated rings. The maximum absolute atomic E-state index is 11.8. The molecule has 21 heavy (non-hydrogen) atoms. The van der Waals surface area contributed by atoms with Gasteiger partial charge in [0.05, 0.1) is 12.6 Å². The van der Waals surface area contributed by atoms with Crippen molar-refractivity contribution in [3.63, 3.8) is 0 Å². The van der Waals surface area contributed by atoms with Crippen LogP contribution in [0.2, 0.25) is 0 Å². The molecule has 2 atom stereocenters. The van der Waals surface area contributed by atoms with E-state index in [0.29, 0.717) is 31.3 Å². The standard InChI is InChI=1S/C16H33N3O2/c1-6-17-16(20)12-19-14(4)10-18(11-15(19)5)8-7-9-21-13(2)3/h13-15H,6-12H2,1-5H3,(H,17,20). The van der Waals surface area contributed by atoms with Crippen LogP contribution in [0, 0.1) is 0 Å². The van der Waals surface area contributed by atoms with Gasteiger partial charge in [-0.15, -0.1) is 0 Å². The van der Waals surface area contributed by atoms with E-state index in [2.05, 4.69) is 42.8 Å². The zero-order chi connectivity index (χ0) is 15.8. The van der Waals surface area contributed by atoms with Crippen molar-refractivity contribution in [3.8, 4) is 0 Å². The van der Waals surface area contributed by atoms with Gasteiger partial charge in [-0.3, -0.25) is 9.69 Å². The molecule has 2 unspecified atom stereocenters. The van der Waals surface area contributed by atoms with Crippen LogP contribution in [0.5, 0.6) is 0 Å². The lowest BCUT2D eigenvalue weighted by Gasteiger charge is -2.44. The lowest BCUT2D eigenvalue weighted by atomic mass is 10.1. The second-order valence-electron chi connectivity index (χ2n) is 6.36. The summed E-state index contributed by atoms with van der Waals surface area (Å²) < 4.78 is 5.60. The third-order valence-electron chi connectivity index (χ3n) is 3.95. The number of likely N-dealkylation sites (N-methyl/N-ethyl adjacent to an activating group) is 1. The predicted molar refractivity (Wildman–Crippen MR) is 86.5 cm³/mol. The Bertz CT molecular complexity index is 298. The van der Waals surface area contributed by atoms with E-state index < -0.39 is 0 Å². The van der Waals surface area contributed by atoms with Crippen LogP contribution >= 0.6 is 0 Å². The molecule has 0 aromatic rings. The molecule has 1 saturated heterocycles. The van der Waals surface area contributed by atoms with Gasteiger partial charge in [-0.1, -0.05) is 0 Å². The first kappa shape index (κ1) is 18.4. The first-order chi connectivity index (χ1) is 9.93. The lowest BCUT2D eigenvalue weighted by molar-refractivity contribution is -0.124. The van der Waals surface area contributed by atoms with E-state index in [4.69, 9.17) is 4.74 Å². The van der Waals surface area contributed by atoms with Crippen LogP contribution in [0.1, 0.15) is 41.0 Å². The van der Waals surface area contributed by atoms with E-state index >= 15 is 0 Å². The van der Waals surface area contributed by atoms with E-state index in [9.17, 15) is 4.79 Å². The van der Waals surface area contributed by atoms with Crippen LogP contribution in [0.15, 0.2) is 0 Å². The molecule has 5 nitrogen and oxygen atoms in total. The minimum atomic E-state index is 0.134. The predicted octanol–water partition coefficient (Wildman–Crippen LogP) is 1.33. The molecule has 1 rings (SSSR count). The van der Waals surface area contributed by atoms with Gasteiger partial charge in [0.25, 0.3) is 0 Å². The van der Waals surface area contributed by atoms with Gasteiger partial charge in [0.1, 0.15) is 0 Å². The van der Waals surface area contributed by atoms with E-state index in [-0.39, 0.29) is 5.91 Å². The number of amides is 1. The molecule has 1 aliphatic rings. The summed E-state index contributed by atoms with van der Waals surface area (Å²) in [5.74, 6) is 0.134. The van der Waals surface area contributed by atoms with Crippen LogP contribution in [-0.4, -0.2) is 73.2 Å². The Morgan fingerprint density at radius 3 is 2.43 bits per heavy atom. The fourth-order valence-electron chi connectivity index (χ4n) is 2.99. The monoisotopic (exact) mass is 299 g/mol. The van der Waals surface area contributed by atoms with Gasteiger partial charge < -0.3 is 15.0 Å². The highest BCUT2D eigenvalue weighted by Crippen LogP contribution is 2.15. The molecule has 1 N–H and O–H groups in total. The third kappa shape index (κ3) is 6.76. The summed E-state index contributed by atoms with van der Waals surface area (Å²) in [5, 5.41) is 2.89. The van der Waals surface area contributed by atoms with E-state index in [0.717, 1.165) is 32.7 Å². The van der Waals surface area contributed by atoms with Crippen LogP contribution in [0.3, 0.4) is 0 Å². The smallest absolute Gasteiger partial charge is 0.234 e. The average Bonchev–Trinajstić information content (AvgIpc) is 2.39. The highest BCUT2D eigenvalue weighted by Gasteiger charge is 2.30. The first-order valence-electron chi connectivity index (χ1n) is 8.30. The van der Waals surface area contributed by atoms with E-state index in [1.165, 1.54) is 0 Å². The molecule has 0 aromatic heterocycles. The van der Waals surface area contributed by atoms with E-state index in [1.807, 2.05) is 6.92 Å². The summed E-state index contributed by atoms with van der Waals surface area (Å²) in [7, 11) is 0. The van der Waals surface area contributed by atoms with Gasteiger partial charge >= 0.3 is 0 Å². The maximum Gasteiger partial charge on any atom is 0.234 e. The lowest BCUT2D eigenvalue weighted by Crippen LogP contribution is -2.58. The number of nitrogens with one attached hydrogen (secondary N) is 1. The molecule has 0 aliphatic carbocycles. The number of carbonyl (C=O) groups is 1. The quantitative estimate of drug-likeness (QED) is 0.687. The van der Waals surface area contributed by atoms with Crippen molar-refractivity contribution >= 4 is 5.91 Å². The molecule has 0 aromatic carbocycles. The zero-order valence-corrected chi connectivity index (χ0v) is 14.4. The number of carbonyl (C=O) groups excluding carboxylic acids is 1. The van der Waals surface area contributed by atoms with Crippen molar-refractivity contribution in [1.29, 1.82) is 0 Å². The molecule has 1 heterocycles. The number of hydrogen-bond donors (Lipinski definition) is 1. The van der Waals surface area contributed by atoms with Crippen molar-refractivity contribution in [2.45, 2.75) is 59.2 Å². The topological polar surface area (TPSA) is 44.8 Å². The highest BCUT2D eigenvalue weighted by molar-refractivity contribution is 5.78. The van der Waals surface area contributed by atoms with Crippen LogP contribution in [-0.2, 0) is 9.53 Å². The number of nitrogens with zero attached hydrogens (tertiary/aromatic N) is 2. The summed E-state index contributed by atoms with van der Waals surface area (Å²) in [6, 6.07) is 0.838. The average molecular weight is 299 g/mol. The Labute approximate surface area is 130 Å². The summed E-state index contributed by atoms with van der Waals surface area (Å²) in [5.41, 5.74) is 0. The maximum atomic E-state index is 11.8. The molecule has 0 spiro atoms. The van der Waals surface area contributed by atoms with Gasteiger partial charge in [-0.05, 0) is 41.0 Å². The van der Waals surface area contributed by atoms with Crippen LogP contribution in [0.4, 0.5) is 0 Å². The minimum absolute atomic E-state index is 0.134. The Kier molecular flexibility index (Phi) is 8.22. The number of piperazine rings is 1. The molecule has 124 valence electrons. The first-order valence-corrected chi connectivity index (χ1v) is 8.30. The molecule has 0 radical (unpaired) electrons. The number of rotatable bonds is 8. The number of hydrogen-bond acceptors (Lipinski definition) is 4. The van der Waals surface area contributed by atoms with Gasteiger partial charge in [0.2, 0.25) is 5.91 Å². The second-order valence-corrected chi connectivity index (χ2v) is 6.36. The molecular weight excluding hydrogens is 266 g/mol. The van der Waals surface area contributed by atoms with Crippen LogP contribution in [0.25, 0.3) is 0 Å². The molecular formula is C16H33N3O2. The molecule has 1 amide bonds. The van der Waals surface area contributed by atoms with Gasteiger partial charge in [-0.2, -0.15) is 0 Å². The van der Waals surface area contributed by atoms with Crippen molar-refractivity contribution in [2.75, 3.05) is 39.3 Å². The summed E-state index contributed by atoms with van der Waals surface area (Å²) in [6.07, 6.45) is 1.39. The van der Waals surface area contributed by atoms with Crippen molar-refractivity contribution < 1.29 is 9.53 Å². The third-order valence-corrected chi connectivity index (χ3v) is 3.95. The molecule has 5 heteroatoms. The fraction of sp³-hybridized carbons (Fsp3) is 0.938. The van der Waals surface area contributed by atoms with Gasteiger partial charge in [0, 0.05) is 44.9 Å². The summed E-state index contributed by atoms with van der Waals surface area (Å²) >= 11 is 0. The molecule has 0 saturated carbocycles. The normalized spacial score (nSPS) is 24.5. The minimum Gasteiger partial charge on any atom is -0.379 e. The summed E-state index contributed by atoms with van der Waals surface area (Å²) in [4.78, 5) is 16.6. The SMILES string of the molecule is CCNC(=O)CN1C(C)CN(CCCOC(C)C)CC1C. The van der Waals surface area contributed by atoms with Gasteiger partial charge in [-0.25, -0.2) is 0 Å². The number of ether oxygens (including phenoxy) is 1. The highest BCUT2D eigenvalue weighted by atomic mass is 16.5. The van der Waals surface area contributed by atoms with Crippen LogP contribution < -0.4 is 5.32 Å². The van der Waals surface area contributed by atoms with Crippen molar-refractivity contribution in [1.82, 2.24) is 15.1 Å². The second kappa shape index (κ2) is 9.38. The van der Waals surface area contributed by atoms with Gasteiger partial charge in [0.15, 0.2) is 0 Å². The van der Waals surface area contributed by atoms with Crippen molar-refractivity contribution in [3.05, 3.63) is 0 Å². The zero-order valence-electron chi connectivity index (χ0n) is 14.4. The Hall–Kier alpha value is -0.650. The Balaban J connectivity index is 2.33. The van der Waals surface area contributed by atoms with E-state index in [1.54, 1.807) is 0 Å².